The highest BCUT2D eigenvalue weighted by Gasteiger charge is 2.28. The van der Waals surface area contributed by atoms with Crippen molar-refractivity contribution >= 4 is 10.0 Å². The first-order valence-electron chi connectivity index (χ1n) is 7.16. The van der Waals surface area contributed by atoms with Gasteiger partial charge in [0.05, 0.1) is 0 Å². The van der Waals surface area contributed by atoms with Crippen LogP contribution in [0.1, 0.15) is 25.6 Å². The molecule has 7 heteroatoms. The molecule has 1 unspecified atom stereocenters. The van der Waals surface area contributed by atoms with Crippen LogP contribution in [0.2, 0.25) is 0 Å². The molecule has 0 amide bonds. The maximum absolute atomic E-state index is 12.6. The van der Waals surface area contributed by atoms with Crippen LogP contribution < -0.4 is 5.32 Å². The SMILES string of the molecule is CCN(CC1CCCNC1)S(=O)(=O)c1cn(C)c(C)n1. The lowest BCUT2D eigenvalue weighted by Crippen LogP contribution is -2.41. The molecule has 0 aliphatic carbocycles. The van der Waals surface area contributed by atoms with Gasteiger partial charge in [-0.05, 0) is 38.8 Å². The van der Waals surface area contributed by atoms with Gasteiger partial charge in [-0.25, -0.2) is 13.4 Å². The second-order valence-corrected chi connectivity index (χ2v) is 7.29. The van der Waals surface area contributed by atoms with Crippen molar-refractivity contribution in [3.8, 4) is 0 Å². The zero-order valence-corrected chi connectivity index (χ0v) is 13.3. The average molecular weight is 300 g/mol. The summed E-state index contributed by atoms with van der Waals surface area (Å²) in [5, 5.41) is 3.48. The fourth-order valence-corrected chi connectivity index (χ4v) is 4.10. The number of hydrogen-bond acceptors (Lipinski definition) is 4. The monoisotopic (exact) mass is 300 g/mol. The smallest absolute Gasteiger partial charge is 0.262 e. The maximum atomic E-state index is 12.6. The first kappa shape index (κ1) is 15.5. The summed E-state index contributed by atoms with van der Waals surface area (Å²) in [6, 6.07) is 0. The van der Waals surface area contributed by atoms with Gasteiger partial charge in [0.1, 0.15) is 5.82 Å². The van der Waals surface area contributed by atoms with Crippen LogP contribution in [0.25, 0.3) is 0 Å². The Kier molecular flexibility index (Phi) is 4.82. The van der Waals surface area contributed by atoms with E-state index in [1.165, 1.54) is 0 Å². The molecule has 1 atom stereocenters. The van der Waals surface area contributed by atoms with Crippen LogP contribution in [0.3, 0.4) is 0 Å². The Morgan fingerprint density at radius 3 is 2.80 bits per heavy atom. The highest BCUT2D eigenvalue weighted by atomic mass is 32.2. The molecule has 1 fully saturated rings. The molecule has 1 saturated heterocycles. The number of nitrogens with zero attached hydrogens (tertiary/aromatic N) is 3. The second-order valence-electron chi connectivity index (χ2n) is 5.41. The summed E-state index contributed by atoms with van der Waals surface area (Å²) in [4.78, 5) is 4.16. The van der Waals surface area contributed by atoms with Gasteiger partial charge in [0.15, 0.2) is 5.03 Å². The molecule has 2 heterocycles. The van der Waals surface area contributed by atoms with Gasteiger partial charge in [0.2, 0.25) is 0 Å². The van der Waals surface area contributed by atoms with Gasteiger partial charge in [-0.15, -0.1) is 0 Å². The van der Waals surface area contributed by atoms with E-state index in [1.54, 1.807) is 22.0 Å². The van der Waals surface area contributed by atoms with Crippen molar-refractivity contribution in [1.82, 2.24) is 19.2 Å². The van der Waals surface area contributed by atoms with E-state index < -0.39 is 10.0 Å². The molecule has 0 bridgehead atoms. The van der Waals surface area contributed by atoms with E-state index in [1.807, 2.05) is 14.0 Å². The number of aromatic nitrogens is 2. The average Bonchev–Trinajstić information content (AvgIpc) is 2.78. The standard InChI is InChI=1S/C13H24N4O2S/c1-4-17(9-12-6-5-7-14-8-12)20(18,19)13-10-16(3)11(2)15-13/h10,12,14H,4-9H2,1-3H3. The summed E-state index contributed by atoms with van der Waals surface area (Å²) in [6.07, 6.45) is 3.79. The fraction of sp³-hybridized carbons (Fsp3) is 0.769. The zero-order valence-electron chi connectivity index (χ0n) is 12.5. The number of piperidine rings is 1. The lowest BCUT2D eigenvalue weighted by Gasteiger charge is -2.28. The van der Waals surface area contributed by atoms with Crippen molar-refractivity contribution in [3.05, 3.63) is 12.0 Å². The minimum absolute atomic E-state index is 0.156. The van der Waals surface area contributed by atoms with E-state index >= 15 is 0 Å². The normalized spacial score (nSPS) is 20.5. The molecule has 20 heavy (non-hydrogen) atoms. The van der Waals surface area contributed by atoms with E-state index in [0.717, 1.165) is 25.9 Å². The molecule has 0 aromatic carbocycles. The Morgan fingerprint density at radius 2 is 2.30 bits per heavy atom. The fourth-order valence-electron chi connectivity index (χ4n) is 2.55. The predicted molar refractivity (Wildman–Crippen MR) is 78.0 cm³/mol. The Bertz CT molecular complexity index is 527. The van der Waals surface area contributed by atoms with E-state index in [4.69, 9.17) is 0 Å². The third-order valence-electron chi connectivity index (χ3n) is 3.90. The molecule has 0 saturated carbocycles. The van der Waals surface area contributed by atoms with Gasteiger partial charge in [0.25, 0.3) is 10.0 Å². The number of nitrogens with one attached hydrogen (secondary N) is 1. The van der Waals surface area contributed by atoms with Gasteiger partial charge < -0.3 is 9.88 Å². The summed E-state index contributed by atoms with van der Waals surface area (Å²) in [5.74, 6) is 1.10. The number of hydrogen-bond donors (Lipinski definition) is 1. The van der Waals surface area contributed by atoms with E-state index in [9.17, 15) is 8.42 Å². The molecule has 1 aromatic heterocycles. The van der Waals surface area contributed by atoms with Gasteiger partial charge in [-0.3, -0.25) is 0 Å². The summed E-state index contributed by atoms with van der Waals surface area (Å²) >= 11 is 0. The number of aryl methyl sites for hydroxylation is 2. The lowest BCUT2D eigenvalue weighted by atomic mass is 10.00. The number of imidazole rings is 1. The van der Waals surface area contributed by atoms with Crippen LogP contribution in [0.15, 0.2) is 11.2 Å². The molecule has 1 N–H and O–H groups in total. The first-order chi connectivity index (χ1) is 9.45. The molecule has 1 aliphatic heterocycles. The molecule has 1 aliphatic rings. The molecule has 6 nitrogen and oxygen atoms in total. The third kappa shape index (κ3) is 3.21. The first-order valence-corrected chi connectivity index (χ1v) is 8.60. The van der Waals surface area contributed by atoms with Crippen LogP contribution in [0, 0.1) is 12.8 Å². The van der Waals surface area contributed by atoms with Crippen LogP contribution in [-0.2, 0) is 17.1 Å². The summed E-state index contributed by atoms with van der Waals surface area (Å²) in [7, 11) is -1.67. The zero-order chi connectivity index (χ0) is 14.8. The molecular weight excluding hydrogens is 276 g/mol. The largest absolute Gasteiger partial charge is 0.337 e. The van der Waals surface area contributed by atoms with Crippen molar-refractivity contribution < 1.29 is 8.42 Å². The third-order valence-corrected chi connectivity index (χ3v) is 5.72. The molecule has 1 aromatic rings. The quantitative estimate of drug-likeness (QED) is 0.871. The van der Waals surface area contributed by atoms with Crippen molar-refractivity contribution in [2.24, 2.45) is 13.0 Å². The van der Waals surface area contributed by atoms with Gasteiger partial charge in [-0.1, -0.05) is 6.92 Å². The van der Waals surface area contributed by atoms with Crippen molar-refractivity contribution in [2.45, 2.75) is 31.7 Å². The molecule has 2 rings (SSSR count). The highest BCUT2D eigenvalue weighted by Crippen LogP contribution is 2.19. The van der Waals surface area contributed by atoms with Crippen molar-refractivity contribution in [1.29, 1.82) is 0 Å². The van der Waals surface area contributed by atoms with Crippen molar-refractivity contribution in [2.75, 3.05) is 26.2 Å². The Morgan fingerprint density at radius 1 is 1.55 bits per heavy atom. The summed E-state index contributed by atoms with van der Waals surface area (Å²) < 4.78 is 28.6. The molecule has 0 spiro atoms. The number of rotatable bonds is 5. The minimum atomic E-state index is -3.48. The Labute approximate surface area is 121 Å². The van der Waals surface area contributed by atoms with Crippen LogP contribution >= 0.6 is 0 Å². The van der Waals surface area contributed by atoms with Crippen LogP contribution in [0.5, 0.6) is 0 Å². The lowest BCUT2D eigenvalue weighted by molar-refractivity contribution is 0.297. The summed E-state index contributed by atoms with van der Waals surface area (Å²) in [6.45, 7) is 6.67. The summed E-state index contributed by atoms with van der Waals surface area (Å²) in [5.41, 5.74) is 0. The van der Waals surface area contributed by atoms with E-state index in [-0.39, 0.29) is 5.03 Å². The number of sulfonamides is 1. The van der Waals surface area contributed by atoms with E-state index in [2.05, 4.69) is 10.3 Å². The highest BCUT2D eigenvalue weighted by molar-refractivity contribution is 7.89. The van der Waals surface area contributed by atoms with Gasteiger partial charge in [-0.2, -0.15) is 4.31 Å². The van der Waals surface area contributed by atoms with Gasteiger partial charge >= 0.3 is 0 Å². The second kappa shape index (κ2) is 6.24. The van der Waals surface area contributed by atoms with Crippen LogP contribution in [-0.4, -0.2) is 48.5 Å². The molecule has 0 radical (unpaired) electrons. The molecular formula is C13H24N4O2S. The van der Waals surface area contributed by atoms with Crippen LogP contribution in [0.4, 0.5) is 0 Å². The van der Waals surface area contributed by atoms with Crippen molar-refractivity contribution in [3.63, 3.8) is 0 Å². The Hall–Kier alpha value is -0.920. The minimum Gasteiger partial charge on any atom is -0.337 e. The maximum Gasteiger partial charge on any atom is 0.262 e. The van der Waals surface area contributed by atoms with Gasteiger partial charge in [0, 0.05) is 26.3 Å². The Balaban J connectivity index is 2.16. The topological polar surface area (TPSA) is 67.2 Å². The molecule has 114 valence electrons. The predicted octanol–water partition coefficient (Wildman–Crippen LogP) is 0.739. The van der Waals surface area contributed by atoms with E-state index in [0.29, 0.717) is 24.8 Å².